The number of hydrogen-bond donors (Lipinski definition) is 1. The number of methoxy groups -OCH3 is 1. The van der Waals surface area contributed by atoms with E-state index in [1.807, 2.05) is 43.3 Å². The van der Waals surface area contributed by atoms with Gasteiger partial charge in [0.15, 0.2) is 0 Å². The summed E-state index contributed by atoms with van der Waals surface area (Å²) in [4.78, 5) is 0.263. The monoisotopic (exact) mass is 610 g/mol. The maximum atomic E-state index is 13.3. The lowest BCUT2D eigenvalue weighted by atomic mass is 9.82. The van der Waals surface area contributed by atoms with Crippen LogP contribution < -0.4 is 9.46 Å². The molecule has 7 rings (SSSR count). The van der Waals surface area contributed by atoms with Gasteiger partial charge in [0.2, 0.25) is 10.0 Å². The molecule has 0 atom stereocenters. The maximum absolute atomic E-state index is 13.3. The van der Waals surface area contributed by atoms with Crippen molar-refractivity contribution in [1.29, 1.82) is 0 Å². The molecule has 6 aromatic rings. The molecule has 6 heteroatoms. The molecule has 0 bridgehead atoms. The van der Waals surface area contributed by atoms with Crippen molar-refractivity contribution in [3.63, 3.8) is 0 Å². The molecule has 1 aromatic heterocycles. The molecular formula is C39H34N2O3S. The molecule has 0 spiro atoms. The van der Waals surface area contributed by atoms with E-state index in [0.29, 0.717) is 6.42 Å². The smallest absolute Gasteiger partial charge is 0.240 e. The summed E-state index contributed by atoms with van der Waals surface area (Å²) in [6.07, 6.45) is 2.87. The van der Waals surface area contributed by atoms with Crippen molar-refractivity contribution in [3.05, 3.63) is 173 Å². The summed E-state index contributed by atoms with van der Waals surface area (Å²) in [5.74, 6) is 0.753. The number of hydrogen-bond acceptors (Lipinski definition) is 3. The number of nitrogens with zero attached hydrogens (tertiary/aromatic N) is 1. The number of benzene rings is 5. The SMILES string of the molecule is COc1ccc2c(c1)c(CCNS(=O)(=O)c1ccc(C)cc1)c1n2C(c2ccccc2)(c2ccccc2)C=C1c1ccccc1. The third kappa shape index (κ3) is 4.96. The highest BCUT2D eigenvalue weighted by Gasteiger charge is 2.44. The van der Waals surface area contributed by atoms with E-state index in [-0.39, 0.29) is 11.4 Å². The number of sulfonamides is 1. The van der Waals surface area contributed by atoms with Crippen LogP contribution in [0, 0.1) is 6.92 Å². The molecule has 0 radical (unpaired) electrons. The lowest BCUT2D eigenvalue weighted by molar-refractivity contribution is 0.415. The fraction of sp³-hybridized carbons (Fsp3) is 0.128. The molecule has 5 aromatic carbocycles. The number of ether oxygens (including phenoxy) is 1. The van der Waals surface area contributed by atoms with E-state index in [1.54, 1.807) is 19.2 Å². The summed E-state index contributed by atoms with van der Waals surface area (Å²) in [5, 5.41) is 1.04. The third-order valence-electron chi connectivity index (χ3n) is 8.75. The highest BCUT2D eigenvalue weighted by Crippen LogP contribution is 2.51. The molecule has 45 heavy (non-hydrogen) atoms. The predicted octanol–water partition coefficient (Wildman–Crippen LogP) is 7.72. The van der Waals surface area contributed by atoms with Crippen molar-refractivity contribution in [2.75, 3.05) is 13.7 Å². The average molecular weight is 611 g/mol. The van der Waals surface area contributed by atoms with Crippen molar-refractivity contribution in [2.45, 2.75) is 23.8 Å². The minimum absolute atomic E-state index is 0.241. The van der Waals surface area contributed by atoms with Gasteiger partial charge in [0.25, 0.3) is 0 Å². The van der Waals surface area contributed by atoms with Crippen molar-refractivity contribution in [2.24, 2.45) is 0 Å². The molecule has 1 N–H and O–H groups in total. The topological polar surface area (TPSA) is 60.3 Å². The van der Waals surface area contributed by atoms with Crippen LogP contribution in [0.1, 0.15) is 33.5 Å². The number of nitrogens with one attached hydrogen (secondary N) is 1. The van der Waals surface area contributed by atoms with Crippen LogP contribution in [-0.4, -0.2) is 26.6 Å². The van der Waals surface area contributed by atoms with Gasteiger partial charge >= 0.3 is 0 Å². The van der Waals surface area contributed by atoms with Gasteiger partial charge in [-0.2, -0.15) is 0 Å². The highest BCUT2D eigenvalue weighted by atomic mass is 32.2. The van der Waals surface area contributed by atoms with Crippen LogP contribution in [0.25, 0.3) is 16.5 Å². The highest BCUT2D eigenvalue weighted by molar-refractivity contribution is 7.89. The first-order valence-electron chi connectivity index (χ1n) is 15.1. The summed E-state index contributed by atoms with van der Waals surface area (Å²) in [7, 11) is -2.01. The number of rotatable bonds is 9. The zero-order chi connectivity index (χ0) is 31.0. The Labute approximate surface area is 264 Å². The van der Waals surface area contributed by atoms with Gasteiger partial charge in [-0.1, -0.05) is 109 Å². The Morgan fingerprint density at radius 2 is 1.36 bits per heavy atom. The molecule has 1 aliphatic rings. The first-order chi connectivity index (χ1) is 21.9. The van der Waals surface area contributed by atoms with Gasteiger partial charge in [0.05, 0.1) is 23.2 Å². The summed E-state index contributed by atoms with van der Waals surface area (Å²) in [6, 6.07) is 44.8. The third-order valence-corrected chi connectivity index (χ3v) is 10.2. The van der Waals surface area contributed by atoms with E-state index < -0.39 is 15.6 Å². The Balaban J connectivity index is 1.46. The molecule has 0 aliphatic carbocycles. The Morgan fingerprint density at radius 1 is 0.756 bits per heavy atom. The van der Waals surface area contributed by atoms with E-state index >= 15 is 0 Å². The van der Waals surface area contributed by atoms with Gasteiger partial charge in [-0.05, 0) is 72.0 Å². The maximum Gasteiger partial charge on any atom is 0.240 e. The largest absolute Gasteiger partial charge is 0.497 e. The lowest BCUT2D eigenvalue weighted by Crippen LogP contribution is -2.32. The fourth-order valence-corrected chi connectivity index (χ4v) is 7.66. The molecule has 5 nitrogen and oxygen atoms in total. The zero-order valence-electron chi connectivity index (χ0n) is 25.3. The predicted molar refractivity (Wildman–Crippen MR) is 181 cm³/mol. The van der Waals surface area contributed by atoms with Crippen molar-refractivity contribution >= 4 is 26.5 Å². The Kier molecular flexibility index (Phi) is 7.40. The second-order valence-corrected chi connectivity index (χ2v) is 13.2. The number of aromatic nitrogens is 1. The van der Waals surface area contributed by atoms with Crippen LogP contribution in [0.5, 0.6) is 5.75 Å². The molecule has 0 saturated heterocycles. The van der Waals surface area contributed by atoms with Gasteiger partial charge in [-0.15, -0.1) is 0 Å². The van der Waals surface area contributed by atoms with Crippen LogP contribution in [0.15, 0.2) is 144 Å². The van der Waals surface area contributed by atoms with E-state index in [2.05, 4.69) is 100 Å². The lowest BCUT2D eigenvalue weighted by Gasteiger charge is -2.33. The normalized spacial score (nSPS) is 13.9. The van der Waals surface area contributed by atoms with Gasteiger partial charge in [-0.3, -0.25) is 0 Å². The van der Waals surface area contributed by atoms with Crippen molar-refractivity contribution in [1.82, 2.24) is 9.29 Å². The van der Waals surface area contributed by atoms with E-state index in [1.165, 1.54) is 0 Å². The molecule has 0 saturated carbocycles. The first kappa shape index (κ1) is 28.8. The Hall–Kier alpha value is -4.91. The molecule has 2 heterocycles. The van der Waals surface area contributed by atoms with Crippen LogP contribution in [0.2, 0.25) is 0 Å². The fourth-order valence-electron chi connectivity index (χ4n) is 6.63. The van der Waals surface area contributed by atoms with Gasteiger partial charge in [0.1, 0.15) is 11.3 Å². The van der Waals surface area contributed by atoms with Gasteiger partial charge < -0.3 is 9.30 Å². The van der Waals surface area contributed by atoms with Crippen LogP contribution in [-0.2, 0) is 22.0 Å². The van der Waals surface area contributed by atoms with Crippen molar-refractivity contribution < 1.29 is 13.2 Å². The number of fused-ring (bicyclic) bond motifs is 3. The van der Waals surface area contributed by atoms with Gasteiger partial charge in [-0.25, -0.2) is 13.1 Å². The molecular weight excluding hydrogens is 577 g/mol. The Bertz CT molecular complexity index is 2080. The summed E-state index contributed by atoms with van der Waals surface area (Å²) in [6.45, 7) is 2.19. The van der Waals surface area contributed by atoms with E-state index in [0.717, 1.165) is 55.7 Å². The van der Waals surface area contributed by atoms with Crippen LogP contribution in [0.3, 0.4) is 0 Å². The number of allylic oxidation sites excluding steroid dienone is 1. The zero-order valence-corrected chi connectivity index (χ0v) is 26.1. The molecule has 1 aliphatic heterocycles. The summed E-state index contributed by atoms with van der Waals surface area (Å²) >= 11 is 0. The number of aryl methyl sites for hydroxylation is 1. The quantitative estimate of drug-likeness (QED) is 0.182. The first-order valence-corrected chi connectivity index (χ1v) is 16.6. The minimum atomic E-state index is -3.68. The molecule has 0 fully saturated rings. The summed E-state index contributed by atoms with van der Waals surface area (Å²) < 4.78 is 37.6. The van der Waals surface area contributed by atoms with Gasteiger partial charge in [0, 0.05) is 17.5 Å². The molecule has 0 amide bonds. The average Bonchev–Trinajstić information content (AvgIpc) is 3.60. The standard InChI is InChI=1S/C39H34N2O3S/c1-28-18-21-33(22-19-28)45(42,43)40-25-24-34-35-26-32(44-2)20-23-37(35)41-38(34)36(29-12-6-3-7-13-29)27-39(41,30-14-8-4-9-15-30)31-16-10-5-11-17-31/h3-23,26-27,40H,24-25H2,1-2H3. The van der Waals surface area contributed by atoms with Crippen molar-refractivity contribution in [3.8, 4) is 5.75 Å². The second-order valence-electron chi connectivity index (χ2n) is 11.4. The van der Waals surface area contributed by atoms with E-state index in [4.69, 9.17) is 4.74 Å². The minimum Gasteiger partial charge on any atom is -0.497 e. The van der Waals surface area contributed by atoms with Crippen LogP contribution in [0.4, 0.5) is 0 Å². The molecule has 0 unspecified atom stereocenters. The molecule has 224 valence electrons. The summed E-state index contributed by atoms with van der Waals surface area (Å²) in [5.41, 5.74) is 8.06. The second kappa shape index (κ2) is 11.5. The van der Waals surface area contributed by atoms with Crippen LogP contribution >= 0.6 is 0 Å². The Morgan fingerprint density at radius 3 is 1.96 bits per heavy atom. The van der Waals surface area contributed by atoms with E-state index in [9.17, 15) is 8.42 Å².